The average molecular weight is 377 g/mol. The molecule has 2 fully saturated rings. The van der Waals surface area contributed by atoms with Gasteiger partial charge in [0.2, 0.25) is 0 Å². The summed E-state index contributed by atoms with van der Waals surface area (Å²) in [7, 11) is 3.34. The van der Waals surface area contributed by atoms with E-state index in [1.54, 1.807) is 14.2 Å². The summed E-state index contributed by atoms with van der Waals surface area (Å²) in [4.78, 5) is 14.5. The molecular formula is C20H31N3O4. The van der Waals surface area contributed by atoms with Gasteiger partial charge in [0.05, 0.1) is 32.8 Å². The van der Waals surface area contributed by atoms with Gasteiger partial charge in [0, 0.05) is 37.2 Å². The van der Waals surface area contributed by atoms with E-state index in [0.29, 0.717) is 12.5 Å². The summed E-state index contributed by atoms with van der Waals surface area (Å²) in [6.45, 7) is 5.92. The van der Waals surface area contributed by atoms with E-state index in [9.17, 15) is 4.79 Å². The smallest absolute Gasteiger partial charge is 0.310 e. The molecule has 7 heteroatoms. The Hall–Kier alpha value is -1.83. The standard InChI is InChI=1S/C20H31N3O4/c1-4-27-20(24)14-6-5-9-23(12-14)13-15-11-21-22-19(15)17-8-7-16(25-2)10-18(17)26-3/h7-8,10,14-15,19,21-22H,4-6,9,11-13H2,1-3H3. The molecule has 3 unspecified atom stereocenters. The Balaban J connectivity index is 1.67. The minimum absolute atomic E-state index is 0.00464. The number of esters is 1. The monoisotopic (exact) mass is 377 g/mol. The van der Waals surface area contributed by atoms with Crippen molar-refractivity contribution in [2.45, 2.75) is 25.8 Å². The third-order valence-electron chi connectivity index (χ3n) is 5.49. The highest BCUT2D eigenvalue weighted by Crippen LogP contribution is 2.35. The first-order valence-corrected chi connectivity index (χ1v) is 9.75. The number of likely N-dealkylation sites (tertiary alicyclic amines) is 1. The average Bonchev–Trinajstić information content (AvgIpc) is 3.15. The molecule has 1 aromatic carbocycles. The van der Waals surface area contributed by atoms with Gasteiger partial charge in [-0.25, -0.2) is 5.43 Å². The molecule has 150 valence electrons. The molecule has 0 aromatic heterocycles. The predicted octanol–water partition coefficient (Wildman–Crippen LogP) is 1.74. The molecule has 2 aliphatic heterocycles. The van der Waals surface area contributed by atoms with Gasteiger partial charge in [0.15, 0.2) is 0 Å². The topological polar surface area (TPSA) is 72.1 Å². The highest BCUT2D eigenvalue weighted by Gasteiger charge is 2.34. The third kappa shape index (κ3) is 4.72. The van der Waals surface area contributed by atoms with Gasteiger partial charge < -0.3 is 19.1 Å². The van der Waals surface area contributed by atoms with Crippen molar-refractivity contribution in [1.82, 2.24) is 15.8 Å². The molecule has 2 heterocycles. The van der Waals surface area contributed by atoms with Crippen molar-refractivity contribution < 1.29 is 19.0 Å². The quantitative estimate of drug-likeness (QED) is 0.702. The number of hydrogen-bond acceptors (Lipinski definition) is 7. The molecule has 0 bridgehead atoms. The van der Waals surface area contributed by atoms with Gasteiger partial charge in [-0.05, 0) is 32.4 Å². The Morgan fingerprint density at radius 1 is 1.30 bits per heavy atom. The van der Waals surface area contributed by atoms with Crippen LogP contribution in [0.15, 0.2) is 18.2 Å². The Bertz CT molecular complexity index is 640. The van der Waals surface area contributed by atoms with Crippen LogP contribution in [0.5, 0.6) is 11.5 Å². The Labute approximate surface area is 161 Å². The van der Waals surface area contributed by atoms with Crippen LogP contribution in [0.3, 0.4) is 0 Å². The van der Waals surface area contributed by atoms with E-state index in [1.165, 1.54) is 0 Å². The van der Waals surface area contributed by atoms with Gasteiger partial charge in [-0.1, -0.05) is 6.07 Å². The molecule has 1 aromatic rings. The van der Waals surface area contributed by atoms with Crippen molar-refractivity contribution in [2.24, 2.45) is 11.8 Å². The second kappa shape index (κ2) is 9.39. The summed E-state index contributed by atoms with van der Waals surface area (Å²) >= 11 is 0. The number of rotatable bonds is 7. The van der Waals surface area contributed by atoms with Crippen molar-refractivity contribution in [1.29, 1.82) is 0 Å². The molecular weight excluding hydrogens is 346 g/mol. The van der Waals surface area contributed by atoms with Crippen LogP contribution in [0.1, 0.15) is 31.4 Å². The molecule has 27 heavy (non-hydrogen) atoms. The first kappa shape index (κ1) is 19.9. The third-order valence-corrected chi connectivity index (χ3v) is 5.49. The minimum atomic E-state index is -0.0572. The summed E-state index contributed by atoms with van der Waals surface area (Å²) < 4.78 is 16.1. The molecule has 2 saturated heterocycles. The fourth-order valence-corrected chi connectivity index (χ4v) is 4.12. The van der Waals surface area contributed by atoms with Crippen molar-refractivity contribution >= 4 is 5.97 Å². The SMILES string of the molecule is CCOC(=O)C1CCCN(CC2CNNC2c2ccc(OC)cc2OC)C1. The summed E-state index contributed by atoms with van der Waals surface area (Å²) in [5.74, 6) is 1.93. The van der Waals surface area contributed by atoms with Crippen LogP contribution in [0.25, 0.3) is 0 Å². The number of hydrazine groups is 1. The maximum Gasteiger partial charge on any atom is 0.310 e. The largest absolute Gasteiger partial charge is 0.497 e. The lowest BCUT2D eigenvalue weighted by Crippen LogP contribution is -2.42. The molecule has 0 aliphatic carbocycles. The second-order valence-electron chi connectivity index (χ2n) is 7.22. The lowest BCUT2D eigenvalue weighted by molar-refractivity contribution is -0.150. The van der Waals surface area contributed by atoms with Crippen molar-refractivity contribution in [3.63, 3.8) is 0 Å². The van der Waals surface area contributed by atoms with Crippen LogP contribution in [-0.2, 0) is 9.53 Å². The zero-order valence-corrected chi connectivity index (χ0v) is 16.5. The van der Waals surface area contributed by atoms with Crippen LogP contribution in [0.4, 0.5) is 0 Å². The van der Waals surface area contributed by atoms with Gasteiger partial charge in [0.25, 0.3) is 0 Å². The van der Waals surface area contributed by atoms with Gasteiger partial charge in [-0.3, -0.25) is 10.2 Å². The lowest BCUT2D eigenvalue weighted by atomic mass is 9.91. The van der Waals surface area contributed by atoms with Gasteiger partial charge in [0.1, 0.15) is 11.5 Å². The van der Waals surface area contributed by atoms with Crippen molar-refractivity contribution in [3.05, 3.63) is 23.8 Å². The number of nitrogens with zero attached hydrogens (tertiary/aromatic N) is 1. The number of methoxy groups -OCH3 is 2. The maximum atomic E-state index is 12.1. The van der Waals surface area contributed by atoms with E-state index in [2.05, 4.69) is 21.8 Å². The summed E-state index contributed by atoms with van der Waals surface area (Å²) in [6.07, 6.45) is 1.96. The molecule has 3 atom stereocenters. The number of hydrogen-bond donors (Lipinski definition) is 2. The minimum Gasteiger partial charge on any atom is -0.497 e. The number of ether oxygens (including phenoxy) is 3. The summed E-state index contributed by atoms with van der Waals surface area (Å²) in [5, 5.41) is 0. The molecule has 0 amide bonds. The van der Waals surface area contributed by atoms with E-state index < -0.39 is 0 Å². The molecule has 2 N–H and O–H groups in total. The number of benzene rings is 1. The maximum absolute atomic E-state index is 12.1. The van der Waals surface area contributed by atoms with E-state index in [4.69, 9.17) is 14.2 Å². The van der Waals surface area contributed by atoms with Gasteiger partial charge in [-0.15, -0.1) is 0 Å². The van der Waals surface area contributed by atoms with E-state index >= 15 is 0 Å². The molecule has 7 nitrogen and oxygen atoms in total. The van der Waals surface area contributed by atoms with Crippen LogP contribution >= 0.6 is 0 Å². The van der Waals surface area contributed by atoms with E-state index in [-0.39, 0.29) is 17.9 Å². The van der Waals surface area contributed by atoms with Gasteiger partial charge >= 0.3 is 5.97 Å². The van der Waals surface area contributed by atoms with E-state index in [0.717, 1.165) is 56.1 Å². The summed E-state index contributed by atoms with van der Waals surface area (Å²) in [5.41, 5.74) is 7.80. The predicted molar refractivity (Wildman–Crippen MR) is 103 cm³/mol. The Morgan fingerprint density at radius 3 is 2.89 bits per heavy atom. The number of piperidine rings is 1. The normalized spacial score (nSPS) is 26.0. The Kier molecular flexibility index (Phi) is 6.93. The zero-order chi connectivity index (χ0) is 19.2. The lowest BCUT2D eigenvalue weighted by Gasteiger charge is -2.34. The van der Waals surface area contributed by atoms with Crippen LogP contribution in [0.2, 0.25) is 0 Å². The second-order valence-corrected chi connectivity index (χ2v) is 7.22. The zero-order valence-electron chi connectivity index (χ0n) is 16.5. The van der Waals surface area contributed by atoms with Crippen LogP contribution in [0, 0.1) is 11.8 Å². The van der Waals surface area contributed by atoms with Crippen LogP contribution < -0.4 is 20.3 Å². The number of carbonyl (C=O) groups excluding carboxylic acids is 1. The van der Waals surface area contributed by atoms with Gasteiger partial charge in [-0.2, -0.15) is 0 Å². The molecule has 0 radical (unpaired) electrons. The number of nitrogens with one attached hydrogen (secondary N) is 2. The number of carbonyl (C=O) groups is 1. The van der Waals surface area contributed by atoms with Crippen molar-refractivity contribution in [3.8, 4) is 11.5 Å². The fourth-order valence-electron chi connectivity index (χ4n) is 4.12. The molecule has 2 aliphatic rings. The molecule has 3 rings (SSSR count). The summed E-state index contributed by atoms with van der Waals surface area (Å²) in [6, 6.07) is 6.10. The van der Waals surface area contributed by atoms with Crippen molar-refractivity contribution in [2.75, 3.05) is 47.0 Å². The highest BCUT2D eigenvalue weighted by molar-refractivity contribution is 5.72. The first-order valence-electron chi connectivity index (χ1n) is 9.75. The van der Waals surface area contributed by atoms with E-state index in [1.807, 2.05) is 19.1 Å². The van der Waals surface area contributed by atoms with Crippen LogP contribution in [-0.4, -0.2) is 57.9 Å². The highest BCUT2D eigenvalue weighted by atomic mass is 16.5. The Morgan fingerprint density at radius 2 is 2.15 bits per heavy atom. The molecule has 0 spiro atoms. The molecule has 0 saturated carbocycles. The first-order chi connectivity index (χ1) is 13.2. The fraction of sp³-hybridized carbons (Fsp3) is 0.650.